The van der Waals surface area contributed by atoms with E-state index in [-0.39, 0.29) is 11.3 Å². The third-order valence-electron chi connectivity index (χ3n) is 1.90. The van der Waals surface area contributed by atoms with Gasteiger partial charge in [-0.15, -0.1) is 0 Å². The highest BCUT2D eigenvalue weighted by Gasteiger charge is 2.08. The summed E-state index contributed by atoms with van der Waals surface area (Å²) in [5.41, 5.74) is 0.246. The SMILES string of the molecule is CC(C)(C)CNCCOc1ncccc1F. The normalized spacial score (nSPS) is 11.5. The second kappa shape index (κ2) is 5.80. The van der Waals surface area contributed by atoms with Crippen LogP contribution in [0.5, 0.6) is 5.88 Å². The first-order valence-electron chi connectivity index (χ1n) is 5.43. The number of hydrogen-bond donors (Lipinski definition) is 1. The van der Waals surface area contributed by atoms with Gasteiger partial charge in [0, 0.05) is 19.3 Å². The van der Waals surface area contributed by atoms with Crippen LogP contribution < -0.4 is 10.1 Å². The predicted molar refractivity (Wildman–Crippen MR) is 62.0 cm³/mol. The van der Waals surface area contributed by atoms with Gasteiger partial charge in [-0.2, -0.15) is 0 Å². The highest BCUT2D eigenvalue weighted by Crippen LogP contribution is 2.11. The topological polar surface area (TPSA) is 34.1 Å². The van der Waals surface area contributed by atoms with Gasteiger partial charge in [0.2, 0.25) is 5.88 Å². The van der Waals surface area contributed by atoms with Crippen molar-refractivity contribution in [3.63, 3.8) is 0 Å². The minimum atomic E-state index is -0.418. The Balaban J connectivity index is 2.19. The molecule has 0 fully saturated rings. The number of rotatable bonds is 5. The summed E-state index contributed by atoms with van der Waals surface area (Å²) in [6, 6.07) is 2.88. The van der Waals surface area contributed by atoms with Crippen molar-refractivity contribution in [1.29, 1.82) is 0 Å². The van der Waals surface area contributed by atoms with E-state index in [0.29, 0.717) is 13.2 Å². The molecule has 0 radical (unpaired) electrons. The van der Waals surface area contributed by atoms with Crippen LogP contribution >= 0.6 is 0 Å². The Hall–Kier alpha value is -1.16. The molecule has 1 heterocycles. The molecule has 1 rings (SSSR count). The van der Waals surface area contributed by atoms with Crippen LogP contribution in [0.2, 0.25) is 0 Å². The molecule has 0 spiro atoms. The molecule has 0 saturated heterocycles. The van der Waals surface area contributed by atoms with Gasteiger partial charge in [0.15, 0.2) is 5.82 Å². The van der Waals surface area contributed by atoms with Gasteiger partial charge in [0.05, 0.1) is 0 Å². The number of nitrogens with one attached hydrogen (secondary N) is 1. The van der Waals surface area contributed by atoms with E-state index < -0.39 is 5.82 Å². The van der Waals surface area contributed by atoms with E-state index in [0.717, 1.165) is 6.54 Å². The monoisotopic (exact) mass is 226 g/mol. The highest BCUT2D eigenvalue weighted by atomic mass is 19.1. The maximum atomic E-state index is 13.1. The number of halogens is 1. The van der Waals surface area contributed by atoms with Gasteiger partial charge in [0.25, 0.3) is 0 Å². The lowest BCUT2D eigenvalue weighted by Crippen LogP contribution is -2.30. The maximum Gasteiger partial charge on any atom is 0.250 e. The Labute approximate surface area is 96.0 Å². The van der Waals surface area contributed by atoms with Crippen molar-refractivity contribution < 1.29 is 9.13 Å². The van der Waals surface area contributed by atoms with Crippen LogP contribution in [-0.2, 0) is 0 Å². The van der Waals surface area contributed by atoms with Crippen molar-refractivity contribution in [2.75, 3.05) is 19.7 Å². The fourth-order valence-electron chi connectivity index (χ4n) is 1.16. The maximum absolute atomic E-state index is 13.1. The van der Waals surface area contributed by atoms with Crippen molar-refractivity contribution in [3.05, 3.63) is 24.1 Å². The number of hydrogen-bond acceptors (Lipinski definition) is 3. The lowest BCUT2D eigenvalue weighted by molar-refractivity contribution is 0.275. The van der Waals surface area contributed by atoms with Crippen molar-refractivity contribution in [3.8, 4) is 5.88 Å². The second-order valence-corrected chi connectivity index (χ2v) is 4.88. The minimum Gasteiger partial charge on any atom is -0.474 e. The first-order chi connectivity index (χ1) is 7.49. The molecule has 0 aliphatic heterocycles. The Morgan fingerprint density at radius 3 is 2.81 bits per heavy atom. The first kappa shape index (κ1) is 12.9. The Kier molecular flexibility index (Phi) is 4.68. The number of ether oxygens (including phenoxy) is 1. The molecule has 0 aliphatic carbocycles. The minimum absolute atomic E-state index is 0.0695. The molecule has 90 valence electrons. The van der Waals surface area contributed by atoms with Gasteiger partial charge < -0.3 is 10.1 Å². The zero-order chi connectivity index (χ0) is 12.0. The van der Waals surface area contributed by atoms with Gasteiger partial charge in [0.1, 0.15) is 6.61 Å². The molecule has 0 unspecified atom stereocenters. The Bertz CT molecular complexity index is 323. The quantitative estimate of drug-likeness (QED) is 0.782. The van der Waals surface area contributed by atoms with Gasteiger partial charge in [-0.05, 0) is 17.5 Å². The van der Waals surface area contributed by atoms with Crippen LogP contribution in [0.1, 0.15) is 20.8 Å². The number of aromatic nitrogens is 1. The average molecular weight is 226 g/mol. The molecular formula is C12H19FN2O. The number of nitrogens with zero attached hydrogens (tertiary/aromatic N) is 1. The largest absolute Gasteiger partial charge is 0.474 e. The Morgan fingerprint density at radius 1 is 1.44 bits per heavy atom. The zero-order valence-corrected chi connectivity index (χ0v) is 10.1. The smallest absolute Gasteiger partial charge is 0.250 e. The third kappa shape index (κ3) is 5.07. The molecule has 0 aromatic carbocycles. The van der Waals surface area contributed by atoms with Crippen LogP contribution in [0.4, 0.5) is 4.39 Å². The molecule has 0 bridgehead atoms. The van der Waals surface area contributed by atoms with Gasteiger partial charge in [-0.1, -0.05) is 20.8 Å². The molecular weight excluding hydrogens is 207 g/mol. The summed E-state index contributed by atoms with van der Waals surface area (Å²) >= 11 is 0. The average Bonchev–Trinajstić information content (AvgIpc) is 2.18. The molecule has 3 nitrogen and oxygen atoms in total. The molecule has 16 heavy (non-hydrogen) atoms. The van der Waals surface area contributed by atoms with E-state index in [9.17, 15) is 4.39 Å². The summed E-state index contributed by atoms with van der Waals surface area (Å²) in [6.45, 7) is 8.47. The van der Waals surface area contributed by atoms with Crippen LogP contribution in [-0.4, -0.2) is 24.7 Å². The first-order valence-corrected chi connectivity index (χ1v) is 5.43. The second-order valence-electron chi connectivity index (χ2n) is 4.88. The molecule has 1 aromatic rings. The summed E-state index contributed by atoms with van der Waals surface area (Å²) in [5.74, 6) is -0.349. The van der Waals surface area contributed by atoms with Crippen molar-refractivity contribution in [1.82, 2.24) is 10.3 Å². The lowest BCUT2D eigenvalue weighted by Gasteiger charge is -2.18. The van der Waals surface area contributed by atoms with E-state index in [1.54, 1.807) is 6.07 Å². The summed E-state index contributed by atoms with van der Waals surface area (Å²) in [4.78, 5) is 3.80. The van der Waals surface area contributed by atoms with Crippen LogP contribution in [0.3, 0.4) is 0 Å². The van der Waals surface area contributed by atoms with Gasteiger partial charge in [-0.3, -0.25) is 0 Å². The van der Waals surface area contributed by atoms with E-state index >= 15 is 0 Å². The molecule has 4 heteroatoms. The summed E-state index contributed by atoms with van der Waals surface area (Å²) in [7, 11) is 0. The summed E-state index contributed by atoms with van der Waals surface area (Å²) in [6.07, 6.45) is 1.51. The molecule has 0 aliphatic rings. The molecule has 1 aromatic heterocycles. The van der Waals surface area contributed by atoms with E-state index in [2.05, 4.69) is 31.1 Å². The Morgan fingerprint density at radius 2 is 2.19 bits per heavy atom. The highest BCUT2D eigenvalue weighted by molar-refractivity contribution is 5.12. The van der Waals surface area contributed by atoms with Crippen LogP contribution in [0.25, 0.3) is 0 Å². The number of pyridine rings is 1. The van der Waals surface area contributed by atoms with Gasteiger partial charge in [-0.25, -0.2) is 9.37 Å². The predicted octanol–water partition coefficient (Wildman–Crippen LogP) is 2.24. The van der Waals surface area contributed by atoms with Crippen molar-refractivity contribution >= 4 is 0 Å². The van der Waals surface area contributed by atoms with Crippen LogP contribution in [0, 0.1) is 11.2 Å². The van der Waals surface area contributed by atoms with E-state index in [4.69, 9.17) is 4.74 Å². The van der Waals surface area contributed by atoms with Gasteiger partial charge >= 0.3 is 0 Å². The summed E-state index contributed by atoms with van der Waals surface area (Å²) in [5, 5.41) is 3.24. The van der Waals surface area contributed by atoms with Crippen molar-refractivity contribution in [2.24, 2.45) is 5.41 Å². The fraction of sp³-hybridized carbons (Fsp3) is 0.583. The summed E-state index contributed by atoms with van der Waals surface area (Å²) < 4.78 is 18.3. The van der Waals surface area contributed by atoms with E-state index in [1.807, 2.05) is 0 Å². The van der Waals surface area contributed by atoms with Crippen molar-refractivity contribution in [2.45, 2.75) is 20.8 Å². The lowest BCUT2D eigenvalue weighted by atomic mass is 9.97. The zero-order valence-electron chi connectivity index (χ0n) is 10.1. The third-order valence-corrected chi connectivity index (χ3v) is 1.90. The molecule has 0 amide bonds. The molecule has 0 saturated carbocycles. The standard InChI is InChI=1S/C12H19FN2O/c1-12(2,3)9-14-7-8-16-11-10(13)5-4-6-15-11/h4-6,14H,7-9H2,1-3H3. The van der Waals surface area contributed by atoms with Crippen LogP contribution in [0.15, 0.2) is 18.3 Å². The molecule has 1 N–H and O–H groups in total. The van der Waals surface area contributed by atoms with E-state index in [1.165, 1.54) is 12.3 Å². The fourth-order valence-corrected chi connectivity index (χ4v) is 1.16. The molecule has 0 atom stereocenters.